The molecular weight excluding hydrogens is 216 g/mol. The molecule has 0 spiro atoms. The van der Waals surface area contributed by atoms with Crippen molar-refractivity contribution < 1.29 is 9.68 Å². The second kappa shape index (κ2) is 7.44. The van der Waals surface area contributed by atoms with Crippen molar-refractivity contribution in [2.45, 2.75) is 19.8 Å². The number of rotatable bonds is 6. The highest BCUT2D eigenvalue weighted by Gasteiger charge is 2.05. The largest absolute Gasteiger partial charge is 0.399 e. The molecule has 0 aliphatic heterocycles. The SMILES string of the molecule is CON=C(C)CC(Cc1ccccc1)=NOC. The van der Waals surface area contributed by atoms with Crippen molar-refractivity contribution in [1.29, 1.82) is 0 Å². The van der Waals surface area contributed by atoms with Crippen LogP contribution in [-0.4, -0.2) is 25.6 Å². The fraction of sp³-hybridized carbons (Fsp3) is 0.385. The molecule has 0 unspecified atom stereocenters. The Kier molecular flexibility index (Phi) is 5.79. The topological polar surface area (TPSA) is 43.2 Å². The van der Waals surface area contributed by atoms with Crippen molar-refractivity contribution in [3.05, 3.63) is 35.9 Å². The summed E-state index contributed by atoms with van der Waals surface area (Å²) in [5.74, 6) is 0. The van der Waals surface area contributed by atoms with Crippen LogP contribution in [0, 0.1) is 0 Å². The normalized spacial score (nSPS) is 12.4. The molecule has 0 bridgehead atoms. The second-order valence-corrected chi connectivity index (χ2v) is 3.69. The molecule has 4 heteroatoms. The molecule has 1 aromatic carbocycles. The number of hydrogen-bond donors (Lipinski definition) is 0. The van der Waals surface area contributed by atoms with Crippen LogP contribution in [0.4, 0.5) is 0 Å². The molecule has 0 saturated heterocycles. The molecule has 0 aliphatic rings. The van der Waals surface area contributed by atoms with Gasteiger partial charge < -0.3 is 9.68 Å². The van der Waals surface area contributed by atoms with Crippen LogP contribution in [-0.2, 0) is 16.1 Å². The third kappa shape index (κ3) is 5.15. The maximum absolute atomic E-state index is 4.85. The van der Waals surface area contributed by atoms with Crippen LogP contribution in [0.3, 0.4) is 0 Å². The van der Waals surface area contributed by atoms with Gasteiger partial charge in [0.1, 0.15) is 14.2 Å². The first-order valence-electron chi connectivity index (χ1n) is 5.45. The van der Waals surface area contributed by atoms with Crippen molar-refractivity contribution in [2.24, 2.45) is 10.3 Å². The highest BCUT2D eigenvalue weighted by Crippen LogP contribution is 2.04. The molecule has 0 amide bonds. The predicted molar refractivity (Wildman–Crippen MR) is 69.3 cm³/mol. The molecule has 4 nitrogen and oxygen atoms in total. The average Bonchev–Trinajstić information content (AvgIpc) is 2.31. The van der Waals surface area contributed by atoms with Gasteiger partial charge in [-0.15, -0.1) is 0 Å². The van der Waals surface area contributed by atoms with E-state index in [0.29, 0.717) is 6.42 Å². The summed E-state index contributed by atoms with van der Waals surface area (Å²) < 4.78 is 0. The van der Waals surface area contributed by atoms with Gasteiger partial charge in [0.05, 0.1) is 11.4 Å². The zero-order chi connectivity index (χ0) is 12.5. The van der Waals surface area contributed by atoms with Crippen molar-refractivity contribution in [3.8, 4) is 0 Å². The van der Waals surface area contributed by atoms with Gasteiger partial charge in [0.25, 0.3) is 0 Å². The first kappa shape index (κ1) is 13.2. The molecule has 0 N–H and O–H groups in total. The second-order valence-electron chi connectivity index (χ2n) is 3.69. The number of nitrogens with zero attached hydrogens (tertiary/aromatic N) is 2. The van der Waals surface area contributed by atoms with E-state index < -0.39 is 0 Å². The van der Waals surface area contributed by atoms with Gasteiger partial charge in [0, 0.05) is 12.8 Å². The molecule has 92 valence electrons. The third-order valence-corrected chi connectivity index (χ3v) is 2.18. The summed E-state index contributed by atoms with van der Waals surface area (Å²) in [6, 6.07) is 10.1. The average molecular weight is 234 g/mol. The fourth-order valence-electron chi connectivity index (χ4n) is 1.57. The van der Waals surface area contributed by atoms with E-state index >= 15 is 0 Å². The Hall–Kier alpha value is -1.84. The Morgan fingerprint density at radius 3 is 2.29 bits per heavy atom. The van der Waals surface area contributed by atoms with Gasteiger partial charge in [-0.3, -0.25) is 0 Å². The minimum absolute atomic E-state index is 0.649. The Morgan fingerprint density at radius 1 is 1.06 bits per heavy atom. The van der Waals surface area contributed by atoms with E-state index in [1.54, 1.807) is 7.11 Å². The molecule has 0 fully saturated rings. The summed E-state index contributed by atoms with van der Waals surface area (Å²) in [5.41, 5.74) is 3.00. The summed E-state index contributed by atoms with van der Waals surface area (Å²) in [7, 11) is 3.08. The molecule has 1 aromatic rings. The number of oxime groups is 2. The minimum atomic E-state index is 0.649. The lowest BCUT2D eigenvalue weighted by molar-refractivity contribution is 0.210. The standard InChI is InChI=1S/C13H18N2O2/c1-11(14-16-2)9-13(15-17-3)10-12-7-5-4-6-8-12/h4-8H,9-10H2,1-3H3. The number of hydrogen-bond acceptors (Lipinski definition) is 4. The first-order chi connectivity index (χ1) is 8.26. The van der Waals surface area contributed by atoms with Crippen LogP contribution in [0.15, 0.2) is 40.6 Å². The lowest BCUT2D eigenvalue weighted by Crippen LogP contribution is -2.09. The Morgan fingerprint density at radius 2 is 1.71 bits per heavy atom. The molecule has 0 heterocycles. The Balaban J connectivity index is 2.68. The van der Waals surface area contributed by atoms with Crippen LogP contribution >= 0.6 is 0 Å². The van der Waals surface area contributed by atoms with Gasteiger partial charge in [-0.1, -0.05) is 40.6 Å². The zero-order valence-electron chi connectivity index (χ0n) is 10.5. The lowest BCUT2D eigenvalue weighted by atomic mass is 10.0. The predicted octanol–water partition coefficient (Wildman–Crippen LogP) is 2.64. The highest BCUT2D eigenvalue weighted by atomic mass is 16.6. The van der Waals surface area contributed by atoms with Crippen LogP contribution in [0.2, 0.25) is 0 Å². The van der Waals surface area contributed by atoms with Gasteiger partial charge >= 0.3 is 0 Å². The molecular formula is C13H18N2O2. The van der Waals surface area contributed by atoms with Gasteiger partial charge in [-0.05, 0) is 12.5 Å². The maximum Gasteiger partial charge on any atom is 0.106 e. The van der Waals surface area contributed by atoms with Gasteiger partial charge in [0.2, 0.25) is 0 Å². The van der Waals surface area contributed by atoms with E-state index in [0.717, 1.165) is 17.8 Å². The van der Waals surface area contributed by atoms with E-state index in [1.165, 1.54) is 12.7 Å². The van der Waals surface area contributed by atoms with Gasteiger partial charge in [0.15, 0.2) is 0 Å². The van der Waals surface area contributed by atoms with Crippen LogP contribution < -0.4 is 0 Å². The maximum atomic E-state index is 4.85. The fourth-order valence-corrected chi connectivity index (χ4v) is 1.57. The zero-order valence-corrected chi connectivity index (χ0v) is 10.5. The lowest BCUT2D eigenvalue weighted by Gasteiger charge is -2.05. The molecule has 1 rings (SSSR count). The number of benzene rings is 1. The minimum Gasteiger partial charge on any atom is -0.399 e. The van der Waals surface area contributed by atoms with E-state index in [4.69, 9.17) is 9.68 Å². The quantitative estimate of drug-likeness (QED) is 0.561. The van der Waals surface area contributed by atoms with E-state index in [9.17, 15) is 0 Å². The summed E-state index contributed by atoms with van der Waals surface area (Å²) in [4.78, 5) is 9.57. The van der Waals surface area contributed by atoms with E-state index in [1.807, 2.05) is 25.1 Å². The van der Waals surface area contributed by atoms with Crippen LogP contribution in [0.5, 0.6) is 0 Å². The highest BCUT2D eigenvalue weighted by molar-refractivity contribution is 6.03. The van der Waals surface area contributed by atoms with Gasteiger partial charge in [-0.25, -0.2) is 0 Å². The third-order valence-electron chi connectivity index (χ3n) is 2.18. The molecule has 17 heavy (non-hydrogen) atoms. The van der Waals surface area contributed by atoms with Crippen molar-refractivity contribution in [3.63, 3.8) is 0 Å². The van der Waals surface area contributed by atoms with Crippen molar-refractivity contribution in [2.75, 3.05) is 14.2 Å². The monoisotopic (exact) mass is 234 g/mol. The first-order valence-corrected chi connectivity index (χ1v) is 5.45. The summed E-state index contributed by atoms with van der Waals surface area (Å²) in [5, 5.41) is 7.89. The summed E-state index contributed by atoms with van der Waals surface area (Å²) in [6.45, 7) is 1.90. The molecule has 0 atom stereocenters. The van der Waals surface area contributed by atoms with E-state index in [-0.39, 0.29) is 0 Å². The van der Waals surface area contributed by atoms with Gasteiger partial charge in [-0.2, -0.15) is 0 Å². The van der Waals surface area contributed by atoms with Crippen LogP contribution in [0.25, 0.3) is 0 Å². The molecule has 0 radical (unpaired) electrons. The van der Waals surface area contributed by atoms with Crippen molar-refractivity contribution >= 4 is 11.4 Å². The Bertz CT molecular complexity index is 386. The summed E-state index contributed by atoms with van der Waals surface area (Å²) in [6.07, 6.45) is 1.40. The summed E-state index contributed by atoms with van der Waals surface area (Å²) >= 11 is 0. The van der Waals surface area contributed by atoms with Crippen LogP contribution in [0.1, 0.15) is 18.9 Å². The Labute approximate surface area is 102 Å². The van der Waals surface area contributed by atoms with Crippen molar-refractivity contribution in [1.82, 2.24) is 0 Å². The molecule has 0 aromatic heterocycles. The molecule has 0 aliphatic carbocycles. The van der Waals surface area contributed by atoms with E-state index in [2.05, 4.69) is 22.4 Å². The molecule has 0 saturated carbocycles. The smallest absolute Gasteiger partial charge is 0.106 e.